The molecule has 18 heavy (non-hydrogen) atoms. The van der Waals surface area contributed by atoms with E-state index in [1.54, 1.807) is 42.7 Å². The molecule has 0 saturated carbocycles. The van der Waals surface area contributed by atoms with Crippen LogP contribution < -0.4 is 5.32 Å². The first-order valence-electron chi connectivity index (χ1n) is 5.35. The first kappa shape index (κ1) is 12.5. The van der Waals surface area contributed by atoms with E-state index in [9.17, 15) is 8.42 Å². The fourth-order valence-electron chi connectivity index (χ4n) is 1.42. The molecule has 0 saturated heterocycles. The van der Waals surface area contributed by atoms with Crippen LogP contribution in [0.5, 0.6) is 0 Å². The van der Waals surface area contributed by atoms with Crippen LogP contribution in [0.4, 0.5) is 5.69 Å². The molecule has 0 aliphatic heterocycles. The van der Waals surface area contributed by atoms with E-state index < -0.39 is 9.84 Å². The molecule has 0 spiro atoms. The van der Waals surface area contributed by atoms with E-state index in [1.165, 1.54) is 6.26 Å². The molecule has 0 aliphatic rings. The number of nitrogens with zero attached hydrogens (tertiary/aromatic N) is 2. The van der Waals surface area contributed by atoms with Crippen LogP contribution >= 0.6 is 0 Å². The van der Waals surface area contributed by atoms with Gasteiger partial charge in [-0.2, -0.15) is 0 Å². The fraction of sp³-hybridized carbons (Fsp3) is 0.167. The third kappa shape index (κ3) is 3.27. The minimum atomic E-state index is -3.14. The maximum atomic E-state index is 11.3. The van der Waals surface area contributed by atoms with E-state index in [4.69, 9.17) is 0 Å². The molecular formula is C12H13N3O2S. The molecule has 6 heteroatoms. The van der Waals surface area contributed by atoms with Crippen LogP contribution in [-0.4, -0.2) is 24.6 Å². The van der Waals surface area contributed by atoms with Gasteiger partial charge in [-0.3, -0.25) is 0 Å². The Bertz CT molecular complexity index is 610. The molecule has 5 nitrogen and oxygen atoms in total. The summed E-state index contributed by atoms with van der Waals surface area (Å²) in [5.74, 6) is 0.685. The van der Waals surface area contributed by atoms with Gasteiger partial charge >= 0.3 is 0 Å². The Hall–Kier alpha value is -1.95. The Morgan fingerprint density at radius 2 is 1.72 bits per heavy atom. The second kappa shape index (κ2) is 5.14. The van der Waals surface area contributed by atoms with Gasteiger partial charge in [-0.15, -0.1) is 0 Å². The van der Waals surface area contributed by atoms with Crippen molar-refractivity contribution in [2.24, 2.45) is 0 Å². The molecule has 1 heterocycles. The second-order valence-corrected chi connectivity index (χ2v) is 5.83. The van der Waals surface area contributed by atoms with E-state index in [0.717, 1.165) is 5.69 Å². The van der Waals surface area contributed by atoms with Crippen molar-refractivity contribution in [1.82, 2.24) is 9.97 Å². The van der Waals surface area contributed by atoms with Crippen molar-refractivity contribution in [2.75, 3.05) is 11.6 Å². The van der Waals surface area contributed by atoms with E-state index >= 15 is 0 Å². The summed E-state index contributed by atoms with van der Waals surface area (Å²) in [5, 5.41) is 3.12. The molecule has 0 radical (unpaired) electrons. The molecule has 2 rings (SSSR count). The Morgan fingerprint density at radius 1 is 1.11 bits per heavy atom. The van der Waals surface area contributed by atoms with Crippen molar-refractivity contribution in [1.29, 1.82) is 0 Å². The summed E-state index contributed by atoms with van der Waals surface area (Å²) in [6, 6.07) is 8.34. The zero-order valence-corrected chi connectivity index (χ0v) is 10.7. The van der Waals surface area contributed by atoms with Crippen LogP contribution in [0.3, 0.4) is 0 Å². The Morgan fingerprint density at radius 3 is 2.28 bits per heavy atom. The standard InChI is InChI=1S/C12H13N3O2S/c1-18(16,17)11-5-3-10(4-6-11)15-9-12-13-7-2-8-14-12/h2-8,15H,9H2,1H3. The molecule has 0 unspecified atom stereocenters. The van der Waals surface area contributed by atoms with Crippen molar-refractivity contribution in [3.8, 4) is 0 Å². The highest BCUT2D eigenvalue weighted by Crippen LogP contribution is 2.14. The third-order valence-corrected chi connectivity index (χ3v) is 3.48. The molecule has 0 aliphatic carbocycles. The molecule has 1 N–H and O–H groups in total. The number of hydrogen-bond acceptors (Lipinski definition) is 5. The van der Waals surface area contributed by atoms with Crippen LogP contribution in [0.2, 0.25) is 0 Å². The molecule has 0 amide bonds. The lowest BCUT2D eigenvalue weighted by Gasteiger charge is -2.05. The average Bonchev–Trinajstić information content (AvgIpc) is 2.37. The minimum absolute atomic E-state index is 0.309. The van der Waals surface area contributed by atoms with Gasteiger partial charge in [0.25, 0.3) is 0 Å². The van der Waals surface area contributed by atoms with Crippen LogP contribution in [0.25, 0.3) is 0 Å². The maximum absolute atomic E-state index is 11.3. The lowest BCUT2D eigenvalue weighted by atomic mass is 10.3. The average molecular weight is 263 g/mol. The van der Waals surface area contributed by atoms with Crippen LogP contribution in [0, 0.1) is 0 Å². The quantitative estimate of drug-likeness (QED) is 0.905. The van der Waals surface area contributed by atoms with Gasteiger partial charge in [-0.05, 0) is 30.3 Å². The summed E-state index contributed by atoms with van der Waals surface area (Å²) < 4.78 is 22.6. The highest BCUT2D eigenvalue weighted by Gasteiger charge is 2.05. The SMILES string of the molecule is CS(=O)(=O)c1ccc(NCc2ncccn2)cc1. The number of sulfone groups is 1. The number of benzene rings is 1. The Balaban J connectivity index is 2.03. The van der Waals surface area contributed by atoms with Crippen molar-refractivity contribution in [2.45, 2.75) is 11.4 Å². The van der Waals surface area contributed by atoms with Gasteiger partial charge in [0.15, 0.2) is 9.84 Å². The molecule has 1 aromatic carbocycles. The van der Waals surface area contributed by atoms with Gasteiger partial charge in [0.1, 0.15) is 5.82 Å². The predicted molar refractivity (Wildman–Crippen MR) is 68.9 cm³/mol. The number of anilines is 1. The summed E-state index contributed by atoms with van der Waals surface area (Å²) in [5.41, 5.74) is 0.829. The summed E-state index contributed by atoms with van der Waals surface area (Å²) in [6.45, 7) is 0.499. The molecule has 94 valence electrons. The van der Waals surface area contributed by atoms with Gasteiger partial charge in [0.2, 0.25) is 0 Å². The van der Waals surface area contributed by atoms with Gasteiger partial charge in [-0.25, -0.2) is 18.4 Å². The van der Waals surface area contributed by atoms with Gasteiger partial charge in [-0.1, -0.05) is 0 Å². The molecule has 0 atom stereocenters. The molecular weight excluding hydrogens is 250 g/mol. The molecule has 0 bridgehead atoms. The monoisotopic (exact) mass is 263 g/mol. The molecule has 0 fully saturated rings. The number of hydrogen-bond donors (Lipinski definition) is 1. The van der Waals surface area contributed by atoms with Gasteiger partial charge in [0, 0.05) is 24.3 Å². The van der Waals surface area contributed by atoms with Crippen molar-refractivity contribution in [3.63, 3.8) is 0 Å². The van der Waals surface area contributed by atoms with E-state index in [1.807, 2.05) is 0 Å². The largest absolute Gasteiger partial charge is 0.378 e. The zero-order valence-electron chi connectivity index (χ0n) is 9.87. The van der Waals surface area contributed by atoms with Crippen LogP contribution in [-0.2, 0) is 16.4 Å². The van der Waals surface area contributed by atoms with Crippen molar-refractivity contribution in [3.05, 3.63) is 48.5 Å². The summed E-state index contributed by atoms with van der Waals surface area (Å²) >= 11 is 0. The fourth-order valence-corrected chi connectivity index (χ4v) is 2.05. The van der Waals surface area contributed by atoms with E-state index in [-0.39, 0.29) is 0 Å². The Kier molecular flexibility index (Phi) is 3.57. The van der Waals surface area contributed by atoms with Gasteiger partial charge in [0.05, 0.1) is 11.4 Å². The number of aromatic nitrogens is 2. The number of rotatable bonds is 4. The smallest absolute Gasteiger partial charge is 0.175 e. The topological polar surface area (TPSA) is 72.0 Å². The first-order chi connectivity index (χ1) is 8.55. The van der Waals surface area contributed by atoms with E-state index in [2.05, 4.69) is 15.3 Å². The lowest BCUT2D eigenvalue weighted by molar-refractivity contribution is 0.602. The van der Waals surface area contributed by atoms with Crippen molar-refractivity contribution < 1.29 is 8.42 Å². The lowest BCUT2D eigenvalue weighted by Crippen LogP contribution is -2.04. The highest BCUT2D eigenvalue weighted by molar-refractivity contribution is 7.90. The third-order valence-electron chi connectivity index (χ3n) is 2.35. The molecule has 2 aromatic rings. The highest BCUT2D eigenvalue weighted by atomic mass is 32.2. The van der Waals surface area contributed by atoms with Gasteiger partial charge < -0.3 is 5.32 Å². The summed E-state index contributed by atoms with van der Waals surface area (Å²) in [4.78, 5) is 8.47. The van der Waals surface area contributed by atoms with Crippen molar-refractivity contribution >= 4 is 15.5 Å². The number of nitrogens with one attached hydrogen (secondary N) is 1. The minimum Gasteiger partial charge on any atom is -0.378 e. The predicted octanol–water partition coefficient (Wildman–Crippen LogP) is 1.49. The normalized spacial score (nSPS) is 11.2. The van der Waals surface area contributed by atoms with E-state index in [0.29, 0.717) is 17.3 Å². The summed E-state index contributed by atoms with van der Waals surface area (Å²) in [7, 11) is -3.14. The summed E-state index contributed by atoms with van der Waals surface area (Å²) in [6.07, 6.45) is 4.54. The maximum Gasteiger partial charge on any atom is 0.175 e. The van der Waals surface area contributed by atoms with Crippen LogP contribution in [0.1, 0.15) is 5.82 Å². The van der Waals surface area contributed by atoms with Crippen LogP contribution in [0.15, 0.2) is 47.6 Å². The Labute approximate surface area is 106 Å². The first-order valence-corrected chi connectivity index (χ1v) is 7.25. The molecule has 1 aromatic heterocycles. The zero-order chi connectivity index (χ0) is 13.0. The second-order valence-electron chi connectivity index (χ2n) is 3.82.